The van der Waals surface area contributed by atoms with Crippen LogP contribution in [0.3, 0.4) is 0 Å². The van der Waals surface area contributed by atoms with Gasteiger partial charge in [0.25, 0.3) is 5.88 Å². The summed E-state index contributed by atoms with van der Waals surface area (Å²) in [7, 11) is 1.59. The molecule has 0 saturated heterocycles. The highest BCUT2D eigenvalue weighted by molar-refractivity contribution is 9.10. The Bertz CT molecular complexity index is 291. The number of methoxy groups -OCH3 is 1. The van der Waals surface area contributed by atoms with Crippen molar-refractivity contribution in [1.82, 2.24) is 4.98 Å². The fourth-order valence-electron chi connectivity index (χ4n) is 0.991. The van der Waals surface area contributed by atoms with E-state index in [2.05, 4.69) is 27.8 Å². The normalized spacial score (nSPS) is 9.93. The summed E-state index contributed by atoms with van der Waals surface area (Å²) in [5.74, 6) is 1.22. The van der Waals surface area contributed by atoms with Crippen LogP contribution in [-0.2, 0) is 0 Å². The van der Waals surface area contributed by atoms with Crippen molar-refractivity contribution < 1.29 is 9.47 Å². The lowest BCUT2D eigenvalue weighted by Crippen LogP contribution is -1.99. The molecule has 0 saturated carbocycles. The highest BCUT2D eigenvalue weighted by atomic mass is 79.9. The number of ether oxygens (including phenoxy) is 2. The predicted molar refractivity (Wildman–Crippen MR) is 58.9 cm³/mol. The molecule has 0 bridgehead atoms. The van der Waals surface area contributed by atoms with Gasteiger partial charge in [-0.15, -0.1) is 0 Å². The molecule has 0 spiro atoms. The van der Waals surface area contributed by atoms with Gasteiger partial charge in [-0.3, -0.25) is 0 Å². The van der Waals surface area contributed by atoms with E-state index in [1.807, 2.05) is 6.07 Å². The Hall–Kier alpha value is -0.770. The van der Waals surface area contributed by atoms with E-state index in [0.29, 0.717) is 18.2 Å². The van der Waals surface area contributed by atoms with E-state index in [4.69, 9.17) is 9.47 Å². The van der Waals surface area contributed by atoms with Crippen molar-refractivity contribution in [2.24, 2.45) is 0 Å². The molecule has 1 aromatic heterocycles. The van der Waals surface area contributed by atoms with Crippen LogP contribution in [-0.4, -0.2) is 18.7 Å². The average Bonchev–Trinajstić information content (AvgIpc) is 2.19. The minimum atomic E-state index is 0.532. The van der Waals surface area contributed by atoms with Gasteiger partial charge in [0.15, 0.2) is 5.75 Å². The van der Waals surface area contributed by atoms with Crippen molar-refractivity contribution in [1.29, 1.82) is 0 Å². The predicted octanol–water partition coefficient (Wildman–Crippen LogP) is 3.03. The van der Waals surface area contributed by atoms with Crippen molar-refractivity contribution >= 4 is 15.9 Å². The Labute approximate surface area is 92.6 Å². The van der Waals surface area contributed by atoms with Gasteiger partial charge in [-0.1, -0.05) is 13.3 Å². The minimum absolute atomic E-state index is 0.532. The van der Waals surface area contributed by atoms with E-state index < -0.39 is 0 Å². The van der Waals surface area contributed by atoms with Gasteiger partial charge in [-0.2, -0.15) is 0 Å². The van der Waals surface area contributed by atoms with Crippen molar-refractivity contribution in [3.05, 3.63) is 16.7 Å². The standard InChI is InChI=1S/C10H14BrNO2/c1-3-4-5-14-9-6-8(11)7-12-10(9)13-2/h6-7H,3-5H2,1-2H3. The van der Waals surface area contributed by atoms with Gasteiger partial charge in [0.1, 0.15) is 0 Å². The first-order valence-corrected chi connectivity index (χ1v) is 5.39. The van der Waals surface area contributed by atoms with Crippen LogP contribution in [0.1, 0.15) is 19.8 Å². The van der Waals surface area contributed by atoms with Gasteiger partial charge >= 0.3 is 0 Å². The molecule has 3 nitrogen and oxygen atoms in total. The van der Waals surface area contributed by atoms with E-state index in [9.17, 15) is 0 Å². The number of nitrogens with zero attached hydrogens (tertiary/aromatic N) is 1. The molecule has 14 heavy (non-hydrogen) atoms. The summed E-state index contributed by atoms with van der Waals surface area (Å²) in [5.41, 5.74) is 0. The largest absolute Gasteiger partial charge is 0.488 e. The second kappa shape index (κ2) is 5.86. The second-order valence-corrected chi connectivity index (χ2v) is 3.78. The van der Waals surface area contributed by atoms with Crippen molar-refractivity contribution in [2.75, 3.05) is 13.7 Å². The van der Waals surface area contributed by atoms with Gasteiger partial charge in [0.2, 0.25) is 0 Å². The van der Waals surface area contributed by atoms with Gasteiger partial charge in [-0.25, -0.2) is 4.98 Å². The first kappa shape index (κ1) is 11.3. The monoisotopic (exact) mass is 259 g/mol. The van der Waals surface area contributed by atoms with Crippen LogP contribution in [0.15, 0.2) is 16.7 Å². The first-order valence-electron chi connectivity index (χ1n) is 4.60. The van der Waals surface area contributed by atoms with Crippen molar-refractivity contribution in [3.8, 4) is 11.6 Å². The maximum atomic E-state index is 5.53. The number of hydrogen-bond acceptors (Lipinski definition) is 3. The maximum Gasteiger partial charge on any atom is 0.256 e. The summed E-state index contributed by atoms with van der Waals surface area (Å²) in [6.45, 7) is 2.82. The number of hydrogen-bond donors (Lipinski definition) is 0. The Kier molecular flexibility index (Phi) is 4.73. The van der Waals surface area contributed by atoms with Gasteiger partial charge in [0.05, 0.1) is 13.7 Å². The molecular weight excluding hydrogens is 246 g/mol. The second-order valence-electron chi connectivity index (χ2n) is 2.86. The lowest BCUT2D eigenvalue weighted by molar-refractivity contribution is 0.283. The zero-order valence-corrected chi connectivity index (χ0v) is 10.0. The van der Waals surface area contributed by atoms with E-state index in [1.165, 1.54) is 0 Å². The summed E-state index contributed by atoms with van der Waals surface area (Å²) >= 11 is 3.34. The van der Waals surface area contributed by atoms with Gasteiger partial charge < -0.3 is 9.47 Å². The zero-order chi connectivity index (χ0) is 10.4. The Morgan fingerprint density at radius 1 is 1.50 bits per heavy atom. The fourth-order valence-corrected chi connectivity index (χ4v) is 1.30. The molecule has 0 aliphatic rings. The molecule has 0 fully saturated rings. The van der Waals surface area contributed by atoms with E-state index >= 15 is 0 Å². The summed E-state index contributed by atoms with van der Waals surface area (Å²) < 4.78 is 11.5. The SMILES string of the molecule is CCCCOc1cc(Br)cnc1OC. The molecule has 78 valence electrons. The highest BCUT2D eigenvalue weighted by Crippen LogP contribution is 2.27. The number of pyridine rings is 1. The smallest absolute Gasteiger partial charge is 0.256 e. The number of unbranched alkanes of at least 4 members (excludes halogenated alkanes) is 1. The molecular formula is C10H14BrNO2. The summed E-state index contributed by atoms with van der Waals surface area (Å²) in [6, 6.07) is 1.86. The van der Waals surface area contributed by atoms with E-state index in [-0.39, 0.29) is 0 Å². The molecule has 0 aromatic carbocycles. The van der Waals surface area contributed by atoms with Crippen LogP contribution in [0.4, 0.5) is 0 Å². The maximum absolute atomic E-state index is 5.53. The van der Waals surface area contributed by atoms with Crippen LogP contribution < -0.4 is 9.47 Å². The van der Waals surface area contributed by atoms with E-state index in [1.54, 1.807) is 13.3 Å². The van der Waals surface area contributed by atoms with Crippen molar-refractivity contribution in [3.63, 3.8) is 0 Å². The highest BCUT2D eigenvalue weighted by Gasteiger charge is 2.05. The number of aromatic nitrogens is 1. The molecule has 1 heterocycles. The third-order valence-electron chi connectivity index (χ3n) is 1.73. The van der Waals surface area contributed by atoms with Crippen LogP contribution >= 0.6 is 15.9 Å². The van der Waals surface area contributed by atoms with Crippen LogP contribution in [0, 0.1) is 0 Å². The van der Waals surface area contributed by atoms with Crippen LogP contribution in [0.5, 0.6) is 11.6 Å². The third kappa shape index (κ3) is 3.18. The fraction of sp³-hybridized carbons (Fsp3) is 0.500. The van der Waals surface area contributed by atoms with Gasteiger partial charge in [0, 0.05) is 16.7 Å². The molecule has 1 rings (SSSR count). The Morgan fingerprint density at radius 3 is 2.93 bits per heavy atom. The third-order valence-corrected chi connectivity index (χ3v) is 2.17. The topological polar surface area (TPSA) is 31.4 Å². The Morgan fingerprint density at radius 2 is 2.29 bits per heavy atom. The molecule has 0 radical (unpaired) electrons. The van der Waals surface area contributed by atoms with Crippen LogP contribution in [0.2, 0.25) is 0 Å². The summed E-state index contributed by atoms with van der Waals surface area (Å²) in [5, 5.41) is 0. The quantitative estimate of drug-likeness (QED) is 0.762. The average molecular weight is 260 g/mol. The Balaban J connectivity index is 2.67. The lowest BCUT2D eigenvalue weighted by Gasteiger charge is -2.09. The summed E-state index contributed by atoms with van der Waals surface area (Å²) in [4.78, 5) is 4.08. The first-order chi connectivity index (χ1) is 6.77. The number of rotatable bonds is 5. The molecule has 0 atom stereocenters. The molecule has 0 aliphatic carbocycles. The van der Waals surface area contributed by atoms with Crippen LogP contribution in [0.25, 0.3) is 0 Å². The number of halogens is 1. The molecule has 0 N–H and O–H groups in total. The molecule has 4 heteroatoms. The summed E-state index contributed by atoms with van der Waals surface area (Å²) in [6.07, 6.45) is 3.84. The molecule has 1 aromatic rings. The van der Waals surface area contributed by atoms with Crippen molar-refractivity contribution in [2.45, 2.75) is 19.8 Å². The molecule has 0 amide bonds. The lowest BCUT2D eigenvalue weighted by atomic mass is 10.3. The molecule has 0 aliphatic heterocycles. The van der Waals surface area contributed by atoms with E-state index in [0.717, 1.165) is 17.3 Å². The molecule has 0 unspecified atom stereocenters. The minimum Gasteiger partial charge on any atom is -0.488 e. The zero-order valence-electron chi connectivity index (χ0n) is 8.42. The van der Waals surface area contributed by atoms with Gasteiger partial charge in [-0.05, 0) is 22.4 Å².